The lowest BCUT2D eigenvalue weighted by Gasteiger charge is -2.34. The van der Waals surface area contributed by atoms with Gasteiger partial charge in [0, 0.05) is 24.2 Å². The minimum Gasteiger partial charge on any atom is -0.303 e. The summed E-state index contributed by atoms with van der Waals surface area (Å²) in [5, 5.41) is 19.9. The number of hydrogen-bond donors (Lipinski definition) is 0. The molecule has 5 heteroatoms. The Kier molecular flexibility index (Phi) is 4.00. The number of rotatable bonds is 4. The molecule has 0 bridgehead atoms. The molecule has 0 radical (unpaired) electrons. The molecule has 0 saturated heterocycles. The molecule has 0 aromatic heterocycles. The third-order valence-electron chi connectivity index (χ3n) is 3.71. The van der Waals surface area contributed by atoms with Crippen LogP contribution in [0.15, 0.2) is 11.1 Å². The van der Waals surface area contributed by atoms with Gasteiger partial charge in [-0.25, -0.2) is 0 Å². The summed E-state index contributed by atoms with van der Waals surface area (Å²) in [6.07, 6.45) is 1.64. The van der Waals surface area contributed by atoms with Crippen molar-refractivity contribution in [2.24, 2.45) is 5.92 Å². The van der Waals surface area contributed by atoms with Crippen LogP contribution in [0.25, 0.3) is 0 Å². The zero-order valence-corrected chi connectivity index (χ0v) is 10.1. The molecule has 1 aliphatic rings. The molecule has 17 heavy (non-hydrogen) atoms. The summed E-state index contributed by atoms with van der Waals surface area (Å²) in [5.41, 5.74) is 0.746. The molecule has 5 nitrogen and oxygen atoms in total. The predicted octanol–water partition coefficient (Wildman–Crippen LogP) is 2.25. The van der Waals surface area contributed by atoms with Gasteiger partial charge in [0.1, 0.15) is 6.29 Å². The Hall–Kier alpha value is -1.70. The topological polar surface area (TPSA) is 84.0 Å². The summed E-state index contributed by atoms with van der Waals surface area (Å²) >= 11 is 0. The Morgan fingerprint density at radius 2 is 2.24 bits per heavy atom. The molecule has 2 atom stereocenters. The van der Waals surface area contributed by atoms with Crippen LogP contribution in [-0.2, 0) is 4.79 Å². The zero-order chi connectivity index (χ0) is 13.1. The highest BCUT2D eigenvalue weighted by molar-refractivity contribution is 5.58. The molecule has 92 valence electrons. The molecule has 0 aromatic carbocycles. The van der Waals surface area contributed by atoms with Gasteiger partial charge in [-0.3, -0.25) is 10.1 Å². The van der Waals surface area contributed by atoms with Gasteiger partial charge in [0.15, 0.2) is 0 Å². The van der Waals surface area contributed by atoms with Crippen molar-refractivity contribution in [3.05, 3.63) is 21.3 Å². The van der Waals surface area contributed by atoms with Crippen LogP contribution in [0, 0.1) is 27.4 Å². The van der Waals surface area contributed by atoms with E-state index in [2.05, 4.69) is 0 Å². The smallest absolute Gasteiger partial charge is 0.236 e. The van der Waals surface area contributed by atoms with Crippen LogP contribution in [0.2, 0.25) is 0 Å². The number of aldehydes is 1. The Morgan fingerprint density at radius 3 is 2.71 bits per heavy atom. The predicted molar refractivity (Wildman–Crippen MR) is 61.7 cm³/mol. The summed E-state index contributed by atoms with van der Waals surface area (Å²) < 4.78 is 0. The minimum atomic E-state index is -1.28. The van der Waals surface area contributed by atoms with E-state index in [0.717, 1.165) is 11.1 Å². The second-order valence-corrected chi connectivity index (χ2v) is 4.70. The SMILES string of the molecule is CC1=C(C)C[C@](CCC#N)([N+](=O)[O-])[C@H](C=O)C1. The highest BCUT2D eigenvalue weighted by Gasteiger charge is 2.52. The first-order valence-electron chi connectivity index (χ1n) is 5.60. The van der Waals surface area contributed by atoms with E-state index in [-0.39, 0.29) is 24.2 Å². The van der Waals surface area contributed by atoms with E-state index in [4.69, 9.17) is 5.26 Å². The van der Waals surface area contributed by atoms with Crippen molar-refractivity contribution in [3.63, 3.8) is 0 Å². The summed E-state index contributed by atoms with van der Waals surface area (Å²) in [7, 11) is 0. The van der Waals surface area contributed by atoms with Gasteiger partial charge in [-0.15, -0.1) is 0 Å². The largest absolute Gasteiger partial charge is 0.303 e. The van der Waals surface area contributed by atoms with E-state index in [1.807, 2.05) is 19.9 Å². The molecule has 0 N–H and O–H groups in total. The Labute approximate surface area is 100 Å². The minimum absolute atomic E-state index is 0.109. The van der Waals surface area contributed by atoms with E-state index in [1.54, 1.807) is 0 Å². The number of hydrogen-bond acceptors (Lipinski definition) is 4. The monoisotopic (exact) mass is 236 g/mol. The van der Waals surface area contributed by atoms with E-state index >= 15 is 0 Å². The molecule has 0 unspecified atom stereocenters. The fourth-order valence-electron chi connectivity index (χ4n) is 2.45. The average Bonchev–Trinajstić information content (AvgIpc) is 2.29. The number of nitriles is 1. The summed E-state index contributed by atoms with van der Waals surface area (Å²) in [6, 6.07) is 1.93. The third-order valence-corrected chi connectivity index (χ3v) is 3.71. The van der Waals surface area contributed by atoms with Crippen LogP contribution in [0.4, 0.5) is 0 Å². The molecular formula is C12H16N2O3. The Bertz CT molecular complexity index is 408. The lowest BCUT2D eigenvalue weighted by Crippen LogP contribution is -2.48. The second-order valence-electron chi connectivity index (χ2n) is 4.70. The van der Waals surface area contributed by atoms with Crippen LogP contribution in [0.1, 0.15) is 39.5 Å². The molecule has 0 aromatic rings. The van der Waals surface area contributed by atoms with Gasteiger partial charge in [-0.1, -0.05) is 11.1 Å². The first-order chi connectivity index (χ1) is 7.97. The van der Waals surface area contributed by atoms with Crippen molar-refractivity contribution in [2.45, 2.75) is 45.1 Å². The van der Waals surface area contributed by atoms with E-state index in [9.17, 15) is 14.9 Å². The van der Waals surface area contributed by atoms with E-state index in [0.29, 0.717) is 12.7 Å². The lowest BCUT2D eigenvalue weighted by molar-refractivity contribution is -0.579. The van der Waals surface area contributed by atoms with Crippen molar-refractivity contribution in [1.29, 1.82) is 5.26 Å². The summed E-state index contributed by atoms with van der Waals surface area (Å²) in [5.74, 6) is -0.616. The molecule has 0 fully saturated rings. The highest BCUT2D eigenvalue weighted by Crippen LogP contribution is 2.41. The Morgan fingerprint density at radius 1 is 1.59 bits per heavy atom. The van der Waals surface area contributed by atoms with Gasteiger partial charge in [0.25, 0.3) is 0 Å². The maximum Gasteiger partial charge on any atom is 0.236 e. The third kappa shape index (κ3) is 2.36. The quantitative estimate of drug-likeness (QED) is 0.324. The van der Waals surface area contributed by atoms with Gasteiger partial charge < -0.3 is 4.79 Å². The van der Waals surface area contributed by atoms with Crippen LogP contribution < -0.4 is 0 Å². The summed E-state index contributed by atoms with van der Waals surface area (Å²) in [6.45, 7) is 3.76. The maximum absolute atomic E-state index is 11.3. The van der Waals surface area contributed by atoms with Crippen molar-refractivity contribution < 1.29 is 9.72 Å². The first kappa shape index (κ1) is 13.4. The molecule has 0 aliphatic heterocycles. The van der Waals surface area contributed by atoms with Gasteiger partial charge in [0.05, 0.1) is 12.0 Å². The standard InChI is InChI=1S/C12H16N2O3/c1-9-6-11(8-15)12(14(16)17,4-3-5-13)7-10(9)2/h8,11H,3-4,6-7H2,1-2H3/t11-,12-/m0/s1. The maximum atomic E-state index is 11.3. The second kappa shape index (κ2) is 5.09. The number of nitrogens with zero attached hydrogens (tertiary/aromatic N) is 2. The normalized spacial score (nSPS) is 28.6. The van der Waals surface area contributed by atoms with Crippen LogP contribution >= 0.6 is 0 Å². The summed E-state index contributed by atoms with van der Waals surface area (Å²) in [4.78, 5) is 22.0. The zero-order valence-electron chi connectivity index (χ0n) is 10.1. The number of nitro groups is 1. The molecule has 1 aliphatic carbocycles. The molecule has 0 saturated carbocycles. The molecule has 0 heterocycles. The van der Waals surface area contributed by atoms with Gasteiger partial charge >= 0.3 is 0 Å². The van der Waals surface area contributed by atoms with Crippen LogP contribution in [0.5, 0.6) is 0 Å². The average molecular weight is 236 g/mol. The number of allylic oxidation sites excluding steroid dienone is 1. The van der Waals surface area contributed by atoms with Gasteiger partial charge in [-0.05, 0) is 20.3 Å². The van der Waals surface area contributed by atoms with Gasteiger partial charge in [0.2, 0.25) is 5.54 Å². The number of carbonyl (C=O) groups is 1. The molecule has 0 amide bonds. The van der Waals surface area contributed by atoms with Gasteiger partial charge in [-0.2, -0.15) is 5.26 Å². The Balaban J connectivity index is 3.14. The van der Waals surface area contributed by atoms with Crippen molar-refractivity contribution in [1.82, 2.24) is 0 Å². The molecule has 1 rings (SSSR count). The molecular weight excluding hydrogens is 220 g/mol. The van der Waals surface area contributed by atoms with E-state index in [1.165, 1.54) is 0 Å². The van der Waals surface area contributed by atoms with Crippen LogP contribution in [-0.4, -0.2) is 16.7 Å². The van der Waals surface area contributed by atoms with Crippen molar-refractivity contribution in [3.8, 4) is 6.07 Å². The fraction of sp³-hybridized carbons (Fsp3) is 0.667. The van der Waals surface area contributed by atoms with Crippen molar-refractivity contribution in [2.75, 3.05) is 0 Å². The fourth-order valence-corrected chi connectivity index (χ4v) is 2.45. The van der Waals surface area contributed by atoms with Crippen molar-refractivity contribution >= 4 is 6.29 Å². The van der Waals surface area contributed by atoms with E-state index < -0.39 is 11.5 Å². The first-order valence-corrected chi connectivity index (χ1v) is 5.60. The highest BCUT2D eigenvalue weighted by atomic mass is 16.6. The lowest BCUT2D eigenvalue weighted by atomic mass is 9.69. The van der Waals surface area contributed by atoms with Crippen LogP contribution in [0.3, 0.4) is 0 Å². The molecule has 0 spiro atoms. The number of carbonyl (C=O) groups excluding carboxylic acids is 1.